The highest BCUT2D eigenvalue weighted by Gasteiger charge is 2.34. The first-order chi connectivity index (χ1) is 13.5. The molecule has 29 heavy (non-hydrogen) atoms. The molecule has 2 N–H and O–H groups in total. The Hall–Kier alpha value is -3.43. The number of carbonyl (C=O) groups is 1. The Labute approximate surface area is 160 Å². The topological polar surface area (TPSA) is 68.9 Å². The van der Waals surface area contributed by atoms with E-state index in [0.717, 1.165) is 42.5 Å². The van der Waals surface area contributed by atoms with Gasteiger partial charge in [0.15, 0.2) is 5.82 Å². The zero-order valence-corrected chi connectivity index (χ0v) is 14.3. The lowest BCUT2D eigenvalue weighted by Crippen LogP contribution is -2.15. The molecule has 3 rings (SSSR count). The van der Waals surface area contributed by atoms with Crippen molar-refractivity contribution in [1.29, 1.82) is 0 Å². The van der Waals surface area contributed by atoms with E-state index in [9.17, 15) is 31.1 Å². The highest BCUT2D eigenvalue weighted by Crippen LogP contribution is 2.36. The summed E-state index contributed by atoms with van der Waals surface area (Å²) in [5.74, 6) is -1.45. The summed E-state index contributed by atoms with van der Waals surface area (Å²) in [7, 11) is 0. The molecular weight excluding hydrogens is 400 g/mol. The van der Waals surface area contributed by atoms with Gasteiger partial charge in [-0.3, -0.25) is 4.79 Å². The molecule has 3 aromatic rings. The molecule has 0 radical (unpaired) electrons. The number of alkyl halides is 6. The van der Waals surface area contributed by atoms with Crippen LogP contribution in [0.5, 0.6) is 0 Å². The van der Waals surface area contributed by atoms with E-state index < -0.39 is 40.8 Å². The van der Waals surface area contributed by atoms with Crippen LogP contribution in [0.25, 0.3) is 22.6 Å². The highest BCUT2D eigenvalue weighted by molar-refractivity contribution is 5.92. The molecule has 0 unspecified atom stereocenters. The number of halogens is 6. The molecule has 1 aromatic heterocycles. The minimum Gasteiger partial charge on any atom is -0.364 e. The number of primary amides is 1. The van der Waals surface area contributed by atoms with Gasteiger partial charge < -0.3 is 5.73 Å². The second-order valence-electron chi connectivity index (χ2n) is 5.94. The predicted octanol–water partition coefficient (Wildman–Crippen LogP) is 4.95. The fourth-order valence-electron chi connectivity index (χ4n) is 2.60. The van der Waals surface area contributed by atoms with E-state index in [0.29, 0.717) is 0 Å². The zero-order valence-electron chi connectivity index (χ0n) is 14.3. The molecule has 150 valence electrons. The van der Waals surface area contributed by atoms with Gasteiger partial charge in [0.05, 0.1) is 16.8 Å². The Balaban J connectivity index is 2.18. The van der Waals surface area contributed by atoms with Gasteiger partial charge >= 0.3 is 12.4 Å². The van der Waals surface area contributed by atoms with Gasteiger partial charge in [-0.25, -0.2) is 9.97 Å². The molecule has 0 aliphatic carbocycles. The number of benzene rings is 2. The van der Waals surface area contributed by atoms with E-state index in [1.54, 1.807) is 0 Å². The second kappa shape index (κ2) is 7.19. The quantitative estimate of drug-likeness (QED) is 0.621. The molecule has 1 amide bonds. The smallest absolute Gasteiger partial charge is 0.364 e. The molecular formula is C19H11F6N3O. The highest BCUT2D eigenvalue weighted by atomic mass is 19.4. The van der Waals surface area contributed by atoms with Crippen LogP contribution in [0.1, 0.15) is 21.6 Å². The minimum atomic E-state index is -4.71. The molecule has 0 aliphatic rings. The molecule has 0 fully saturated rings. The van der Waals surface area contributed by atoms with Crippen LogP contribution in [0.3, 0.4) is 0 Å². The minimum absolute atomic E-state index is 0.0468. The van der Waals surface area contributed by atoms with E-state index in [-0.39, 0.29) is 17.0 Å². The number of carbonyl (C=O) groups excluding carboxylic acids is 1. The Morgan fingerprint density at radius 1 is 0.828 bits per heavy atom. The lowest BCUT2D eigenvalue weighted by Gasteiger charge is -2.13. The maximum atomic E-state index is 13.3. The van der Waals surface area contributed by atoms with Crippen LogP contribution < -0.4 is 5.73 Å². The SMILES string of the molecule is NC(=O)c1cc(-c2ccc(C(F)(F)F)cc2)nc(-c2ccccc2C(F)(F)F)n1. The zero-order chi connectivity index (χ0) is 21.4. The van der Waals surface area contributed by atoms with Gasteiger partial charge in [0.25, 0.3) is 5.91 Å². The van der Waals surface area contributed by atoms with Crippen molar-refractivity contribution in [3.05, 3.63) is 71.4 Å². The second-order valence-corrected chi connectivity index (χ2v) is 5.94. The molecule has 0 bridgehead atoms. The van der Waals surface area contributed by atoms with Crippen molar-refractivity contribution in [2.24, 2.45) is 5.73 Å². The van der Waals surface area contributed by atoms with Gasteiger partial charge in [0.2, 0.25) is 0 Å². The summed E-state index contributed by atoms with van der Waals surface area (Å²) in [4.78, 5) is 19.4. The number of hydrogen-bond donors (Lipinski definition) is 1. The Morgan fingerprint density at radius 3 is 2.00 bits per heavy atom. The van der Waals surface area contributed by atoms with Crippen LogP contribution in [-0.2, 0) is 12.4 Å². The normalized spacial score (nSPS) is 12.1. The van der Waals surface area contributed by atoms with E-state index in [1.165, 1.54) is 12.1 Å². The van der Waals surface area contributed by atoms with Crippen molar-refractivity contribution < 1.29 is 31.1 Å². The predicted molar refractivity (Wildman–Crippen MR) is 91.4 cm³/mol. The van der Waals surface area contributed by atoms with Gasteiger partial charge in [-0.1, -0.05) is 30.3 Å². The number of nitrogens with two attached hydrogens (primary N) is 1. The lowest BCUT2D eigenvalue weighted by molar-refractivity contribution is -0.138. The van der Waals surface area contributed by atoms with E-state index in [2.05, 4.69) is 9.97 Å². The van der Waals surface area contributed by atoms with Gasteiger partial charge in [0, 0.05) is 11.1 Å². The monoisotopic (exact) mass is 411 g/mol. The number of amides is 1. The fourth-order valence-corrected chi connectivity index (χ4v) is 2.60. The summed E-state index contributed by atoms with van der Waals surface area (Å²) in [5, 5.41) is 0. The van der Waals surface area contributed by atoms with Gasteiger partial charge in [-0.05, 0) is 24.3 Å². The van der Waals surface area contributed by atoms with E-state index in [1.807, 2.05) is 0 Å². The van der Waals surface area contributed by atoms with Crippen molar-refractivity contribution in [2.75, 3.05) is 0 Å². The van der Waals surface area contributed by atoms with Gasteiger partial charge in [0.1, 0.15) is 5.69 Å². The third-order valence-electron chi connectivity index (χ3n) is 3.96. The summed E-state index contributed by atoms with van der Waals surface area (Å²) in [5.41, 5.74) is 2.61. The Kier molecular flexibility index (Phi) is 5.04. The van der Waals surface area contributed by atoms with Crippen LogP contribution in [-0.4, -0.2) is 15.9 Å². The van der Waals surface area contributed by atoms with E-state index >= 15 is 0 Å². The van der Waals surface area contributed by atoms with Crippen LogP contribution in [0, 0.1) is 0 Å². The van der Waals surface area contributed by atoms with Crippen LogP contribution >= 0.6 is 0 Å². The fraction of sp³-hybridized carbons (Fsp3) is 0.105. The molecule has 4 nitrogen and oxygen atoms in total. The third kappa shape index (κ3) is 4.36. The number of nitrogens with zero attached hydrogens (tertiary/aromatic N) is 2. The molecule has 0 spiro atoms. The maximum Gasteiger partial charge on any atom is 0.417 e. The van der Waals surface area contributed by atoms with E-state index in [4.69, 9.17) is 5.73 Å². The van der Waals surface area contributed by atoms with Crippen LogP contribution in [0.4, 0.5) is 26.3 Å². The van der Waals surface area contributed by atoms with Crippen LogP contribution in [0.2, 0.25) is 0 Å². The first-order valence-electron chi connectivity index (χ1n) is 8.00. The standard InChI is InChI=1S/C19H11F6N3O/c20-18(21,22)11-7-5-10(6-8-11)14-9-15(16(26)29)28-17(27-14)12-3-1-2-4-13(12)19(23,24)25/h1-9H,(H2,26,29). The van der Waals surface area contributed by atoms with Crippen molar-refractivity contribution in [1.82, 2.24) is 9.97 Å². The first kappa shape index (κ1) is 20.3. The first-order valence-corrected chi connectivity index (χ1v) is 8.00. The number of aromatic nitrogens is 2. The number of hydrogen-bond acceptors (Lipinski definition) is 3. The number of rotatable bonds is 3. The molecule has 2 aromatic carbocycles. The summed E-state index contributed by atoms with van der Waals surface area (Å²) in [6.45, 7) is 0. The van der Waals surface area contributed by atoms with Gasteiger partial charge in [-0.2, -0.15) is 26.3 Å². The molecule has 0 aliphatic heterocycles. The Bertz CT molecular complexity index is 1060. The van der Waals surface area contributed by atoms with Crippen LogP contribution in [0.15, 0.2) is 54.6 Å². The average molecular weight is 411 g/mol. The average Bonchev–Trinajstić information content (AvgIpc) is 2.66. The van der Waals surface area contributed by atoms with Crippen molar-refractivity contribution in [3.8, 4) is 22.6 Å². The van der Waals surface area contributed by atoms with Crippen molar-refractivity contribution in [3.63, 3.8) is 0 Å². The molecule has 1 heterocycles. The summed E-state index contributed by atoms with van der Waals surface area (Å²) < 4.78 is 78.2. The lowest BCUT2D eigenvalue weighted by atomic mass is 10.0. The van der Waals surface area contributed by atoms with Crippen molar-refractivity contribution in [2.45, 2.75) is 12.4 Å². The molecule has 10 heteroatoms. The van der Waals surface area contributed by atoms with Gasteiger partial charge in [-0.15, -0.1) is 0 Å². The summed E-state index contributed by atoms with van der Waals surface area (Å²) >= 11 is 0. The summed E-state index contributed by atoms with van der Waals surface area (Å²) in [6.07, 6.45) is -9.27. The van der Waals surface area contributed by atoms with Crippen molar-refractivity contribution >= 4 is 5.91 Å². The molecule has 0 saturated heterocycles. The summed E-state index contributed by atoms with van der Waals surface area (Å²) in [6, 6.07) is 9.35. The maximum absolute atomic E-state index is 13.3. The largest absolute Gasteiger partial charge is 0.417 e. The Morgan fingerprint density at radius 2 is 1.45 bits per heavy atom. The molecule has 0 saturated carbocycles. The third-order valence-corrected chi connectivity index (χ3v) is 3.96. The molecule has 0 atom stereocenters.